The van der Waals surface area contributed by atoms with E-state index < -0.39 is 0 Å². The Hall–Kier alpha value is -2.51. The second-order valence-electron chi connectivity index (χ2n) is 7.61. The lowest BCUT2D eigenvalue weighted by Crippen LogP contribution is -2.42. The van der Waals surface area contributed by atoms with E-state index >= 15 is 0 Å². The Morgan fingerprint density at radius 3 is 2.58 bits per heavy atom. The van der Waals surface area contributed by atoms with Crippen LogP contribution in [0.4, 0.5) is 0 Å². The molecular weight excluding hydrogens is 434 g/mol. The van der Waals surface area contributed by atoms with Crippen molar-refractivity contribution >= 4 is 29.3 Å². The summed E-state index contributed by atoms with van der Waals surface area (Å²) in [6.45, 7) is 5.56. The molecule has 6 nitrogen and oxygen atoms in total. The van der Waals surface area contributed by atoms with Gasteiger partial charge in [-0.25, -0.2) is 0 Å². The zero-order valence-corrected chi connectivity index (χ0v) is 19.1. The molecular formula is C23H24ClN3O3S. The monoisotopic (exact) mass is 457 g/mol. The molecule has 0 N–H and O–H groups in total. The highest BCUT2D eigenvalue weighted by atomic mass is 35.5. The van der Waals surface area contributed by atoms with Crippen molar-refractivity contribution in [3.05, 3.63) is 58.6 Å². The average molecular weight is 458 g/mol. The van der Waals surface area contributed by atoms with Crippen molar-refractivity contribution < 1.29 is 13.9 Å². The van der Waals surface area contributed by atoms with Gasteiger partial charge in [0, 0.05) is 36.5 Å². The number of nitrogens with zero attached hydrogens (tertiary/aromatic N) is 3. The molecule has 0 radical (unpaired) electrons. The van der Waals surface area contributed by atoms with E-state index in [1.54, 1.807) is 12.1 Å². The molecule has 1 aliphatic heterocycles. The van der Waals surface area contributed by atoms with Gasteiger partial charge >= 0.3 is 0 Å². The van der Waals surface area contributed by atoms with Gasteiger partial charge in [0.1, 0.15) is 11.9 Å². The normalized spacial score (nSPS) is 14.6. The van der Waals surface area contributed by atoms with Crippen LogP contribution in [0.5, 0.6) is 5.75 Å². The molecule has 1 fully saturated rings. The third kappa shape index (κ3) is 5.60. The third-order valence-corrected chi connectivity index (χ3v) is 6.45. The second kappa shape index (κ2) is 9.75. The van der Waals surface area contributed by atoms with E-state index in [1.807, 2.05) is 23.1 Å². The van der Waals surface area contributed by atoms with E-state index in [0.717, 1.165) is 24.2 Å². The molecule has 3 aromatic rings. The summed E-state index contributed by atoms with van der Waals surface area (Å²) in [5, 5.41) is 9.10. The van der Waals surface area contributed by atoms with Gasteiger partial charge in [0.25, 0.3) is 5.22 Å². The first kappa shape index (κ1) is 21.7. The maximum absolute atomic E-state index is 12.6. The number of benzene rings is 2. The fourth-order valence-electron chi connectivity index (χ4n) is 3.39. The van der Waals surface area contributed by atoms with E-state index in [4.69, 9.17) is 20.8 Å². The number of piperidine rings is 1. The van der Waals surface area contributed by atoms with E-state index in [1.165, 1.54) is 22.9 Å². The van der Waals surface area contributed by atoms with Gasteiger partial charge in [-0.1, -0.05) is 29.4 Å². The fourth-order valence-corrected chi connectivity index (χ4v) is 4.19. The van der Waals surface area contributed by atoms with Crippen molar-refractivity contribution in [3.63, 3.8) is 0 Å². The smallest absolute Gasteiger partial charge is 0.277 e. The summed E-state index contributed by atoms with van der Waals surface area (Å²) >= 11 is 7.16. The first-order valence-electron chi connectivity index (χ1n) is 10.2. The van der Waals surface area contributed by atoms with Crippen LogP contribution in [0.1, 0.15) is 24.0 Å². The van der Waals surface area contributed by atoms with Gasteiger partial charge < -0.3 is 14.1 Å². The highest BCUT2D eigenvalue weighted by Crippen LogP contribution is 2.26. The van der Waals surface area contributed by atoms with Crippen LogP contribution in [0.3, 0.4) is 0 Å². The number of likely N-dealkylation sites (tertiary alicyclic amines) is 1. The predicted molar refractivity (Wildman–Crippen MR) is 122 cm³/mol. The Labute approximate surface area is 190 Å². The highest BCUT2D eigenvalue weighted by molar-refractivity contribution is 7.99. The maximum atomic E-state index is 12.6. The number of aryl methyl sites for hydroxylation is 2. The second-order valence-corrected chi connectivity index (χ2v) is 8.98. The van der Waals surface area contributed by atoms with E-state index in [9.17, 15) is 4.79 Å². The standard InChI is InChI=1S/C23H24ClN3O3S/c1-15-3-8-20(13-16(15)2)29-19-9-11-27(12-10-19)21(28)14-31-23-26-25-22(30-23)17-4-6-18(24)7-5-17/h3-8,13,19H,9-12,14H2,1-2H3. The number of hydrogen-bond donors (Lipinski definition) is 0. The Kier molecular flexibility index (Phi) is 6.83. The van der Waals surface area contributed by atoms with Gasteiger partial charge in [0.2, 0.25) is 11.8 Å². The van der Waals surface area contributed by atoms with Crippen LogP contribution in [-0.2, 0) is 4.79 Å². The molecule has 0 unspecified atom stereocenters. The highest BCUT2D eigenvalue weighted by Gasteiger charge is 2.24. The Bertz CT molecular complexity index is 1050. The summed E-state index contributed by atoms with van der Waals surface area (Å²) in [4.78, 5) is 14.5. The van der Waals surface area contributed by atoms with E-state index in [0.29, 0.717) is 29.2 Å². The zero-order chi connectivity index (χ0) is 21.8. The van der Waals surface area contributed by atoms with Crippen LogP contribution in [0.25, 0.3) is 11.5 Å². The number of thioether (sulfide) groups is 1. The van der Waals surface area contributed by atoms with Crippen molar-refractivity contribution in [2.45, 2.75) is 38.0 Å². The molecule has 1 aliphatic rings. The van der Waals surface area contributed by atoms with Crippen LogP contribution >= 0.6 is 23.4 Å². The van der Waals surface area contributed by atoms with Gasteiger partial charge in [-0.2, -0.15) is 0 Å². The molecule has 0 atom stereocenters. The molecule has 2 heterocycles. The van der Waals surface area contributed by atoms with Crippen LogP contribution in [0.2, 0.25) is 5.02 Å². The van der Waals surface area contributed by atoms with Gasteiger partial charge in [-0.3, -0.25) is 4.79 Å². The van der Waals surface area contributed by atoms with Crippen LogP contribution in [-0.4, -0.2) is 46.0 Å². The molecule has 8 heteroatoms. The van der Waals surface area contributed by atoms with Crippen molar-refractivity contribution in [3.8, 4) is 17.2 Å². The lowest BCUT2D eigenvalue weighted by Gasteiger charge is -2.32. The SMILES string of the molecule is Cc1ccc(OC2CCN(C(=O)CSc3nnc(-c4ccc(Cl)cc4)o3)CC2)cc1C. The molecule has 0 saturated carbocycles. The molecule has 1 aromatic heterocycles. The number of halogens is 1. The lowest BCUT2D eigenvalue weighted by molar-refractivity contribution is -0.130. The number of carbonyl (C=O) groups is 1. The number of aromatic nitrogens is 2. The summed E-state index contributed by atoms with van der Waals surface area (Å²) in [6.07, 6.45) is 1.78. The van der Waals surface area contributed by atoms with Gasteiger partial charge in [-0.05, 0) is 61.4 Å². The minimum absolute atomic E-state index is 0.0703. The third-order valence-electron chi connectivity index (χ3n) is 5.39. The zero-order valence-electron chi connectivity index (χ0n) is 17.5. The van der Waals surface area contributed by atoms with Crippen LogP contribution in [0, 0.1) is 13.8 Å². The van der Waals surface area contributed by atoms with Gasteiger partial charge in [0.15, 0.2) is 0 Å². The summed E-state index contributed by atoms with van der Waals surface area (Å²) in [6, 6.07) is 13.3. The molecule has 2 aromatic carbocycles. The molecule has 0 spiro atoms. The van der Waals surface area contributed by atoms with Gasteiger partial charge in [0.05, 0.1) is 5.75 Å². The molecule has 1 amide bonds. The van der Waals surface area contributed by atoms with Crippen LogP contribution < -0.4 is 4.74 Å². The first-order chi connectivity index (χ1) is 15.0. The predicted octanol–water partition coefficient (Wildman–Crippen LogP) is 5.17. The Morgan fingerprint density at radius 1 is 1.13 bits per heavy atom. The van der Waals surface area contributed by atoms with Crippen molar-refractivity contribution in [1.29, 1.82) is 0 Å². The van der Waals surface area contributed by atoms with Crippen molar-refractivity contribution in [2.75, 3.05) is 18.8 Å². The topological polar surface area (TPSA) is 68.5 Å². The number of hydrogen-bond acceptors (Lipinski definition) is 6. The number of rotatable bonds is 6. The molecule has 0 bridgehead atoms. The maximum Gasteiger partial charge on any atom is 0.277 e. The number of carbonyl (C=O) groups excluding carboxylic acids is 1. The summed E-state index contributed by atoms with van der Waals surface area (Å²) in [7, 11) is 0. The minimum Gasteiger partial charge on any atom is -0.490 e. The summed E-state index contributed by atoms with van der Waals surface area (Å²) in [5.41, 5.74) is 3.27. The Morgan fingerprint density at radius 2 is 1.87 bits per heavy atom. The average Bonchev–Trinajstić information content (AvgIpc) is 3.25. The van der Waals surface area contributed by atoms with Crippen LogP contribution in [0.15, 0.2) is 52.1 Å². The largest absolute Gasteiger partial charge is 0.490 e. The van der Waals surface area contributed by atoms with E-state index in [2.05, 4.69) is 36.2 Å². The molecule has 4 rings (SSSR count). The Balaban J connectivity index is 1.24. The molecule has 162 valence electrons. The number of ether oxygens (including phenoxy) is 1. The molecule has 1 saturated heterocycles. The van der Waals surface area contributed by atoms with Gasteiger partial charge in [-0.15, -0.1) is 10.2 Å². The molecule has 31 heavy (non-hydrogen) atoms. The number of amides is 1. The first-order valence-corrected chi connectivity index (χ1v) is 11.6. The van der Waals surface area contributed by atoms with Crippen molar-refractivity contribution in [1.82, 2.24) is 15.1 Å². The minimum atomic E-state index is 0.0703. The van der Waals surface area contributed by atoms with E-state index in [-0.39, 0.29) is 17.8 Å². The lowest BCUT2D eigenvalue weighted by atomic mass is 10.1. The summed E-state index contributed by atoms with van der Waals surface area (Å²) in [5.74, 6) is 1.65. The quantitative estimate of drug-likeness (QED) is 0.476. The molecule has 0 aliphatic carbocycles. The van der Waals surface area contributed by atoms with Crippen molar-refractivity contribution in [2.24, 2.45) is 0 Å². The fraction of sp³-hybridized carbons (Fsp3) is 0.348. The summed E-state index contributed by atoms with van der Waals surface area (Å²) < 4.78 is 11.8.